The summed E-state index contributed by atoms with van der Waals surface area (Å²) < 4.78 is 0. The molecule has 0 aromatic heterocycles. The average Bonchev–Trinajstić information content (AvgIpc) is 2.58. The van der Waals surface area contributed by atoms with E-state index >= 15 is 0 Å². The number of anilines is 2. The van der Waals surface area contributed by atoms with Crippen molar-refractivity contribution in [3.63, 3.8) is 0 Å². The first-order valence-corrected chi connectivity index (χ1v) is 6.33. The van der Waals surface area contributed by atoms with Crippen LogP contribution in [0.3, 0.4) is 0 Å². The summed E-state index contributed by atoms with van der Waals surface area (Å²) in [5.74, 6) is 0.781. The van der Waals surface area contributed by atoms with Crippen molar-refractivity contribution in [3.8, 4) is 0 Å². The van der Waals surface area contributed by atoms with Crippen LogP contribution >= 0.6 is 23.2 Å². The van der Waals surface area contributed by atoms with Gasteiger partial charge in [0.25, 0.3) is 0 Å². The summed E-state index contributed by atoms with van der Waals surface area (Å²) >= 11 is 12.2. The summed E-state index contributed by atoms with van der Waals surface area (Å²) in [5.41, 5.74) is 7.08. The minimum absolute atomic E-state index is 0.480. The van der Waals surface area contributed by atoms with Crippen molar-refractivity contribution in [2.45, 2.75) is 32.2 Å². The zero-order valence-corrected chi connectivity index (χ0v) is 10.8. The van der Waals surface area contributed by atoms with Crippen LogP contribution in [-0.2, 0) is 0 Å². The van der Waals surface area contributed by atoms with Crippen LogP contribution in [0.1, 0.15) is 26.2 Å². The summed E-state index contributed by atoms with van der Waals surface area (Å²) in [5, 5.41) is 4.62. The molecule has 0 spiro atoms. The molecule has 16 heavy (non-hydrogen) atoms. The molecule has 2 atom stereocenters. The van der Waals surface area contributed by atoms with Gasteiger partial charge in [0.05, 0.1) is 15.7 Å². The zero-order valence-electron chi connectivity index (χ0n) is 9.26. The van der Waals surface area contributed by atoms with E-state index in [2.05, 4.69) is 12.2 Å². The molecule has 0 heterocycles. The lowest BCUT2D eigenvalue weighted by atomic mass is 10.1. The van der Waals surface area contributed by atoms with Gasteiger partial charge in [-0.1, -0.05) is 30.1 Å². The van der Waals surface area contributed by atoms with E-state index in [1.165, 1.54) is 19.3 Å². The van der Waals surface area contributed by atoms with Gasteiger partial charge in [-0.25, -0.2) is 0 Å². The first kappa shape index (κ1) is 11.9. The zero-order chi connectivity index (χ0) is 11.7. The quantitative estimate of drug-likeness (QED) is 0.782. The van der Waals surface area contributed by atoms with Crippen molar-refractivity contribution >= 4 is 34.6 Å². The topological polar surface area (TPSA) is 38.0 Å². The standard InChI is InChI=1S/C12H16Cl2N2/c1-7-2-3-9(4-7)16-12-10(13)5-8(15)6-11(12)14/h5-7,9,16H,2-4,15H2,1H3. The molecule has 2 nitrogen and oxygen atoms in total. The maximum Gasteiger partial charge on any atom is 0.0722 e. The molecule has 1 aromatic rings. The van der Waals surface area contributed by atoms with E-state index in [1.54, 1.807) is 12.1 Å². The van der Waals surface area contributed by atoms with Crippen LogP contribution in [0.2, 0.25) is 10.0 Å². The number of nitrogens with two attached hydrogens (primary N) is 1. The van der Waals surface area contributed by atoms with Gasteiger partial charge in [-0.2, -0.15) is 0 Å². The summed E-state index contributed by atoms with van der Waals surface area (Å²) in [6, 6.07) is 3.94. The van der Waals surface area contributed by atoms with Crippen molar-refractivity contribution in [3.05, 3.63) is 22.2 Å². The monoisotopic (exact) mass is 258 g/mol. The predicted octanol–water partition coefficient (Wildman–Crippen LogP) is 4.18. The summed E-state index contributed by atoms with van der Waals surface area (Å²) in [6.07, 6.45) is 3.62. The lowest BCUT2D eigenvalue weighted by Gasteiger charge is -2.17. The SMILES string of the molecule is CC1CCC(Nc2c(Cl)cc(N)cc2Cl)C1. The number of nitrogens with one attached hydrogen (secondary N) is 1. The number of hydrogen-bond acceptors (Lipinski definition) is 2. The highest BCUT2D eigenvalue weighted by atomic mass is 35.5. The number of rotatable bonds is 2. The molecule has 0 radical (unpaired) electrons. The molecule has 2 rings (SSSR count). The van der Waals surface area contributed by atoms with Crippen molar-refractivity contribution < 1.29 is 0 Å². The Morgan fingerprint density at radius 1 is 1.25 bits per heavy atom. The van der Waals surface area contributed by atoms with Crippen LogP contribution in [0.15, 0.2) is 12.1 Å². The van der Waals surface area contributed by atoms with Gasteiger partial charge in [-0.05, 0) is 37.3 Å². The molecule has 1 fully saturated rings. The third-order valence-corrected chi connectivity index (χ3v) is 3.70. The van der Waals surface area contributed by atoms with Crippen LogP contribution in [0.4, 0.5) is 11.4 Å². The van der Waals surface area contributed by atoms with Crippen molar-refractivity contribution in [1.29, 1.82) is 0 Å². The molecule has 1 saturated carbocycles. The fourth-order valence-corrected chi connectivity index (χ4v) is 2.89. The molecule has 0 bridgehead atoms. The van der Waals surface area contributed by atoms with Crippen LogP contribution in [0.5, 0.6) is 0 Å². The van der Waals surface area contributed by atoms with E-state index in [0.717, 1.165) is 11.6 Å². The fraction of sp³-hybridized carbons (Fsp3) is 0.500. The second kappa shape index (κ2) is 4.72. The van der Waals surface area contributed by atoms with Gasteiger partial charge in [0, 0.05) is 11.7 Å². The number of hydrogen-bond donors (Lipinski definition) is 2. The van der Waals surface area contributed by atoms with Crippen LogP contribution in [0.25, 0.3) is 0 Å². The molecule has 0 amide bonds. The van der Waals surface area contributed by atoms with E-state index in [4.69, 9.17) is 28.9 Å². The first-order valence-electron chi connectivity index (χ1n) is 5.57. The summed E-state index contributed by atoms with van der Waals surface area (Å²) in [7, 11) is 0. The van der Waals surface area contributed by atoms with Gasteiger partial charge in [-0.15, -0.1) is 0 Å². The maximum absolute atomic E-state index is 6.12. The second-order valence-corrected chi connectivity index (χ2v) is 5.43. The molecule has 1 aliphatic rings. The van der Waals surface area contributed by atoms with E-state index in [1.807, 2.05) is 0 Å². The molecule has 0 aliphatic heterocycles. The van der Waals surface area contributed by atoms with E-state index in [-0.39, 0.29) is 0 Å². The predicted molar refractivity (Wildman–Crippen MR) is 71.3 cm³/mol. The van der Waals surface area contributed by atoms with Crippen molar-refractivity contribution in [2.24, 2.45) is 5.92 Å². The molecule has 4 heteroatoms. The summed E-state index contributed by atoms with van der Waals surface area (Å²) in [6.45, 7) is 2.27. The number of nitrogen functional groups attached to an aromatic ring is 1. The van der Waals surface area contributed by atoms with Crippen molar-refractivity contribution in [2.75, 3.05) is 11.1 Å². The average molecular weight is 259 g/mol. The van der Waals surface area contributed by atoms with Crippen LogP contribution in [0, 0.1) is 5.92 Å². The third kappa shape index (κ3) is 2.55. The Bertz CT molecular complexity index is 370. The Balaban J connectivity index is 2.15. The Kier molecular flexibility index (Phi) is 3.50. The van der Waals surface area contributed by atoms with E-state index < -0.39 is 0 Å². The minimum atomic E-state index is 0.480. The lowest BCUT2D eigenvalue weighted by molar-refractivity contribution is 0.602. The molecule has 0 saturated heterocycles. The molecule has 88 valence electrons. The van der Waals surface area contributed by atoms with Gasteiger partial charge in [-0.3, -0.25) is 0 Å². The smallest absolute Gasteiger partial charge is 0.0722 e. The molecule has 1 aliphatic carbocycles. The minimum Gasteiger partial charge on any atom is -0.399 e. The highest BCUT2D eigenvalue weighted by Crippen LogP contribution is 2.36. The molecular weight excluding hydrogens is 243 g/mol. The Labute approximate surface area is 106 Å². The largest absolute Gasteiger partial charge is 0.399 e. The molecule has 2 unspecified atom stereocenters. The van der Waals surface area contributed by atoms with Gasteiger partial charge in [0.15, 0.2) is 0 Å². The van der Waals surface area contributed by atoms with Crippen molar-refractivity contribution in [1.82, 2.24) is 0 Å². The number of halogens is 2. The highest BCUT2D eigenvalue weighted by molar-refractivity contribution is 6.39. The normalized spacial score (nSPS) is 24.7. The Morgan fingerprint density at radius 3 is 2.38 bits per heavy atom. The molecular formula is C12H16Cl2N2. The van der Waals surface area contributed by atoms with E-state index in [0.29, 0.717) is 21.8 Å². The Morgan fingerprint density at radius 2 is 1.88 bits per heavy atom. The second-order valence-electron chi connectivity index (χ2n) is 4.62. The third-order valence-electron chi connectivity index (χ3n) is 3.11. The van der Waals surface area contributed by atoms with Gasteiger partial charge in [0.2, 0.25) is 0 Å². The maximum atomic E-state index is 6.12. The molecule has 3 N–H and O–H groups in total. The lowest BCUT2D eigenvalue weighted by Crippen LogP contribution is -2.16. The van der Waals surface area contributed by atoms with Crippen LogP contribution in [-0.4, -0.2) is 6.04 Å². The van der Waals surface area contributed by atoms with Gasteiger partial charge < -0.3 is 11.1 Å². The van der Waals surface area contributed by atoms with Gasteiger partial charge in [0.1, 0.15) is 0 Å². The highest BCUT2D eigenvalue weighted by Gasteiger charge is 2.22. The fourth-order valence-electron chi connectivity index (χ4n) is 2.27. The number of benzene rings is 1. The van der Waals surface area contributed by atoms with E-state index in [9.17, 15) is 0 Å². The van der Waals surface area contributed by atoms with Gasteiger partial charge >= 0.3 is 0 Å². The summed E-state index contributed by atoms with van der Waals surface area (Å²) in [4.78, 5) is 0. The Hall–Kier alpha value is -0.600. The van der Waals surface area contributed by atoms with Crippen LogP contribution < -0.4 is 11.1 Å². The molecule has 1 aromatic carbocycles. The first-order chi connectivity index (χ1) is 7.56.